The van der Waals surface area contributed by atoms with E-state index >= 15 is 0 Å². The van der Waals surface area contributed by atoms with Crippen molar-refractivity contribution in [1.82, 2.24) is 9.88 Å². The number of likely N-dealkylation sites (tertiary alicyclic amines) is 1. The monoisotopic (exact) mass is 354 g/mol. The molecule has 1 aliphatic heterocycles. The summed E-state index contributed by atoms with van der Waals surface area (Å²) >= 11 is 6.37. The number of carbonyl (C=O) groups excluding carboxylic acids is 1. The van der Waals surface area contributed by atoms with E-state index in [0.29, 0.717) is 23.8 Å². The van der Waals surface area contributed by atoms with Crippen LogP contribution in [0.3, 0.4) is 0 Å². The topological polar surface area (TPSA) is 45.3 Å². The number of halogens is 1. The van der Waals surface area contributed by atoms with Crippen LogP contribution in [0.5, 0.6) is 5.75 Å². The number of para-hydroxylation sites is 1. The first-order chi connectivity index (χ1) is 12.2. The number of carbonyl (C=O) groups is 1. The molecule has 25 heavy (non-hydrogen) atoms. The van der Waals surface area contributed by atoms with Crippen molar-refractivity contribution in [2.75, 3.05) is 13.1 Å². The van der Waals surface area contributed by atoms with Crippen LogP contribution in [-0.2, 0) is 6.42 Å². The number of amides is 1. The number of nitrogens with zero attached hydrogens (tertiary/aromatic N) is 1. The van der Waals surface area contributed by atoms with Crippen molar-refractivity contribution >= 4 is 28.4 Å². The Bertz CT molecular complexity index is 928. The quantitative estimate of drug-likeness (QED) is 0.759. The SMILES string of the molecule is CCc1cccc(OC2CN(C(=O)c3[nH]c4ccccc4c3Cl)C2)c1. The summed E-state index contributed by atoms with van der Waals surface area (Å²) in [4.78, 5) is 17.6. The van der Waals surface area contributed by atoms with E-state index in [1.165, 1.54) is 5.56 Å². The summed E-state index contributed by atoms with van der Waals surface area (Å²) in [6, 6.07) is 15.8. The molecule has 0 saturated carbocycles. The number of hydrogen-bond acceptors (Lipinski definition) is 2. The largest absolute Gasteiger partial charge is 0.487 e. The fourth-order valence-electron chi connectivity index (χ4n) is 3.12. The average molecular weight is 355 g/mol. The van der Waals surface area contributed by atoms with Gasteiger partial charge in [-0.15, -0.1) is 0 Å². The number of H-pyrrole nitrogens is 1. The van der Waals surface area contributed by atoms with Crippen LogP contribution in [0, 0.1) is 0 Å². The number of aryl methyl sites for hydroxylation is 1. The molecule has 128 valence electrons. The van der Waals surface area contributed by atoms with Gasteiger partial charge in [0.1, 0.15) is 17.5 Å². The fourth-order valence-corrected chi connectivity index (χ4v) is 3.42. The van der Waals surface area contributed by atoms with Crippen LogP contribution < -0.4 is 4.74 Å². The highest BCUT2D eigenvalue weighted by Crippen LogP contribution is 2.29. The Morgan fingerprint density at radius 3 is 2.80 bits per heavy atom. The van der Waals surface area contributed by atoms with Crippen molar-refractivity contribution in [2.24, 2.45) is 0 Å². The molecule has 2 heterocycles. The zero-order valence-electron chi connectivity index (χ0n) is 14.0. The first kappa shape index (κ1) is 16.0. The molecule has 4 nitrogen and oxygen atoms in total. The number of ether oxygens (including phenoxy) is 1. The second kappa shape index (κ2) is 6.45. The Hall–Kier alpha value is -2.46. The third kappa shape index (κ3) is 2.98. The molecule has 1 fully saturated rings. The lowest BCUT2D eigenvalue weighted by Crippen LogP contribution is -2.56. The van der Waals surface area contributed by atoms with E-state index in [1.54, 1.807) is 4.90 Å². The van der Waals surface area contributed by atoms with Crippen molar-refractivity contribution < 1.29 is 9.53 Å². The molecule has 0 aliphatic carbocycles. The minimum atomic E-state index is -0.0802. The lowest BCUT2D eigenvalue weighted by Gasteiger charge is -2.38. The van der Waals surface area contributed by atoms with Gasteiger partial charge in [-0.2, -0.15) is 0 Å². The predicted molar refractivity (Wildman–Crippen MR) is 99.4 cm³/mol. The maximum absolute atomic E-state index is 12.7. The molecule has 0 bridgehead atoms. The molecule has 1 aliphatic rings. The van der Waals surface area contributed by atoms with Crippen molar-refractivity contribution in [3.63, 3.8) is 0 Å². The van der Waals surface area contributed by atoms with Gasteiger partial charge in [-0.05, 0) is 30.2 Å². The third-order valence-corrected chi connectivity index (χ3v) is 4.99. The summed E-state index contributed by atoms with van der Waals surface area (Å²) in [6.45, 7) is 3.26. The lowest BCUT2D eigenvalue weighted by atomic mass is 10.1. The number of nitrogens with one attached hydrogen (secondary N) is 1. The maximum Gasteiger partial charge on any atom is 0.272 e. The fraction of sp³-hybridized carbons (Fsp3) is 0.250. The molecular formula is C20H19ClN2O2. The summed E-state index contributed by atoms with van der Waals surface area (Å²) in [5.41, 5.74) is 2.57. The number of benzene rings is 2. The average Bonchev–Trinajstić information content (AvgIpc) is 2.95. The molecule has 0 spiro atoms. The van der Waals surface area contributed by atoms with Crippen molar-refractivity contribution in [1.29, 1.82) is 0 Å². The molecule has 1 amide bonds. The Labute approximate surface area is 151 Å². The highest BCUT2D eigenvalue weighted by Gasteiger charge is 2.34. The van der Waals surface area contributed by atoms with Gasteiger partial charge in [0.05, 0.1) is 18.1 Å². The van der Waals surface area contributed by atoms with Gasteiger partial charge in [0.2, 0.25) is 0 Å². The zero-order valence-corrected chi connectivity index (χ0v) is 14.7. The van der Waals surface area contributed by atoms with Gasteiger partial charge in [0.15, 0.2) is 0 Å². The van der Waals surface area contributed by atoms with E-state index in [0.717, 1.165) is 23.1 Å². The molecule has 0 unspecified atom stereocenters. The van der Waals surface area contributed by atoms with E-state index in [-0.39, 0.29) is 12.0 Å². The molecular weight excluding hydrogens is 336 g/mol. The van der Waals surface area contributed by atoms with Crippen LogP contribution in [0.25, 0.3) is 10.9 Å². The van der Waals surface area contributed by atoms with E-state index in [2.05, 4.69) is 24.0 Å². The summed E-state index contributed by atoms with van der Waals surface area (Å²) in [6.07, 6.45) is 1.00. The van der Waals surface area contributed by atoms with Crippen molar-refractivity contribution in [2.45, 2.75) is 19.4 Å². The second-order valence-electron chi connectivity index (χ2n) is 6.31. The number of aromatic amines is 1. The highest BCUT2D eigenvalue weighted by molar-refractivity contribution is 6.38. The molecule has 0 radical (unpaired) electrons. The molecule has 1 N–H and O–H groups in total. The summed E-state index contributed by atoms with van der Waals surface area (Å²) in [7, 11) is 0. The summed E-state index contributed by atoms with van der Waals surface area (Å²) < 4.78 is 5.96. The Kier molecular flexibility index (Phi) is 4.14. The number of fused-ring (bicyclic) bond motifs is 1. The summed E-state index contributed by atoms with van der Waals surface area (Å²) in [5.74, 6) is 0.781. The molecule has 4 rings (SSSR count). The van der Waals surface area contributed by atoms with Gasteiger partial charge >= 0.3 is 0 Å². The molecule has 2 aromatic carbocycles. The molecule has 1 aromatic heterocycles. The lowest BCUT2D eigenvalue weighted by molar-refractivity contribution is 0.0174. The van der Waals surface area contributed by atoms with Crippen LogP contribution in [0.15, 0.2) is 48.5 Å². The standard InChI is InChI=1S/C20H19ClN2O2/c1-2-13-6-5-7-14(10-13)25-15-11-23(12-15)20(24)19-18(21)16-8-3-4-9-17(16)22-19/h3-10,15,22H,2,11-12H2,1H3. The summed E-state index contributed by atoms with van der Waals surface area (Å²) in [5, 5.41) is 1.36. The van der Waals surface area contributed by atoms with E-state index in [4.69, 9.17) is 16.3 Å². The van der Waals surface area contributed by atoms with Crippen LogP contribution in [0.2, 0.25) is 5.02 Å². The van der Waals surface area contributed by atoms with Crippen LogP contribution in [-0.4, -0.2) is 35.0 Å². The molecule has 1 saturated heterocycles. The van der Waals surface area contributed by atoms with E-state index in [9.17, 15) is 4.79 Å². The smallest absolute Gasteiger partial charge is 0.272 e. The minimum absolute atomic E-state index is 0.0270. The van der Waals surface area contributed by atoms with Crippen LogP contribution in [0.1, 0.15) is 23.0 Å². The predicted octanol–water partition coefficient (Wildman–Crippen LogP) is 4.29. The van der Waals surface area contributed by atoms with Gasteiger partial charge < -0.3 is 14.6 Å². The maximum atomic E-state index is 12.7. The minimum Gasteiger partial charge on any atom is -0.487 e. The highest BCUT2D eigenvalue weighted by atomic mass is 35.5. The zero-order chi connectivity index (χ0) is 17.4. The Morgan fingerprint density at radius 1 is 1.24 bits per heavy atom. The van der Waals surface area contributed by atoms with Gasteiger partial charge in [-0.3, -0.25) is 4.79 Å². The van der Waals surface area contributed by atoms with Gasteiger partial charge in [0, 0.05) is 10.9 Å². The van der Waals surface area contributed by atoms with Gasteiger partial charge in [-0.25, -0.2) is 0 Å². The Morgan fingerprint density at radius 2 is 2.04 bits per heavy atom. The normalized spacial score (nSPS) is 14.6. The first-order valence-corrected chi connectivity index (χ1v) is 8.84. The van der Waals surface area contributed by atoms with Gasteiger partial charge in [-0.1, -0.05) is 48.9 Å². The van der Waals surface area contributed by atoms with Crippen molar-refractivity contribution in [3.8, 4) is 5.75 Å². The van der Waals surface area contributed by atoms with Crippen molar-refractivity contribution in [3.05, 3.63) is 64.8 Å². The number of aromatic nitrogens is 1. The molecule has 5 heteroatoms. The first-order valence-electron chi connectivity index (χ1n) is 8.46. The molecule has 0 atom stereocenters. The Balaban J connectivity index is 1.42. The van der Waals surface area contributed by atoms with E-state index in [1.807, 2.05) is 36.4 Å². The van der Waals surface area contributed by atoms with E-state index < -0.39 is 0 Å². The van der Waals surface area contributed by atoms with Crippen LogP contribution in [0.4, 0.5) is 0 Å². The van der Waals surface area contributed by atoms with Gasteiger partial charge in [0.25, 0.3) is 5.91 Å². The number of hydrogen-bond donors (Lipinski definition) is 1. The molecule has 3 aromatic rings. The number of rotatable bonds is 4. The van der Waals surface area contributed by atoms with Crippen LogP contribution >= 0.6 is 11.6 Å². The third-order valence-electron chi connectivity index (χ3n) is 4.60. The second-order valence-corrected chi connectivity index (χ2v) is 6.69.